The van der Waals surface area contributed by atoms with Gasteiger partial charge in [0.05, 0.1) is 7.11 Å². The third kappa shape index (κ3) is 3.77. The number of para-hydroxylation sites is 1. The molecular weight excluding hydrogens is 366 g/mol. The van der Waals surface area contributed by atoms with Crippen LogP contribution in [0.15, 0.2) is 42.7 Å². The maximum absolute atomic E-state index is 13.2. The Morgan fingerprint density at radius 3 is 2.97 bits per heavy atom. The SMILES string of the molecule is COc1ccnc(N(C)CC[C@]2(C)CCN(Cc3c[nH]c4ccccc34)C2=O)n1. The molecule has 0 spiro atoms. The lowest BCUT2D eigenvalue weighted by Gasteiger charge is -2.26. The molecule has 4 rings (SSSR count). The van der Waals surface area contributed by atoms with Crippen molar-refractivity contribution >= 4 is 22.8 Å². The van der Waals surface area contributed by atoms with E-state index in [9.17, 15) is 4.79 Å². The van der Waals surface area contributed by atoms with E-state index >= 15 is 0 Å². The number of H-pyrrole nitrogens is 1. The fraction of sp³-hybridized carbons (Fsp3) is 0.409. The molecule has 1 amide bonds. The van der Waals surface area contributed by atoms with Gasteiger partial charge in [-0.05, 0) is 24.5 Å². The first kappa shape index (κ1) is 19.2. The van der Waals surface area contributed by atoms with Crippen molar-refractivity contribution in [3.8, 4) is 5.88 Å². The first-order chi connectivity index (χ1) is 14.0. The molecule has 1 aromatic carbocycles. The number of likely N-dealkylation sites (tertiary alicyclic amines) is 1. The molecule has 0 aliphatic carbocycles. The second kappa shape index (κ2) is 7.73. The van der Waals surface area contributed by atoms with Crippen LogP contribution in [0.1, 0.15) is 25.3 Å². The molecule has 0 bridgehead atoms. The van der Waals surface area contributed by atoms with Gasteiger partial charge >= 0.3 is 0 Å². The number of anilines is 1. The highest BCUT2D eigenvalue weighted by molar-refractivity contribution is 5.86. The molecule has 29 heavy (non-hydrogen) atoms. The summed E-state index contributed by atoms with van der Waals surface area (Å²) in [6, 6.07) is 9.94. The zero-order valence-corrected chi connectivity index (χ0v) is 17.2. The molecular formula is C22H27N5O2. The predicted octanol–water partition coefficient (Wildman–Crippen LogP) is 3.23. The Morgan fingerprint density at radius 1 is 1.31 bits per heavy atom. The Bertz CT molecular complexity index is 1020. The Labute approximate surface area is 170 Å². The van der Waals surface area contributed by atoms with E-state index in [0.717, 1.165) is 24.9 Å². The Morgan fingerprint density at radius 2 is 2.14 bits per heavy atom. The average molecular weight is 393 g/mol. The molecule has 1 aliphatic heterocycles. The lowest BCUT2D eigenvalue weighted by Crippen LogP contribution is -2.35. The van der Waals surface area contributed by atoms with Crippen LogP contribution in [0.3, 0.4) is 0 Å². The van der Waals surface area contributed by atoms with Crippen molar-refractivity contribution in [3.05, 3.63) is 48.3 Å². The molecule has 3 heterocycles. The molecule has 3 aromatic rings. The van der Waals surface area contributed by atoms with Crippen LogP contribution in [-0.2, 0) is 11.3 Å². The van der Waals surface area contributed by atoms with E-state index < -0.39 is 0 Å². The molecule has 0 unspecified atom stereocenters. The van der Waals surface area contributed by atoms with Gasteiger partial charge in [0.25, 0.3) is 0 Å². The van der Waals surface area contributed by atoms with Crippen LogP contribution in [0.5, 0.6) is 5.88 Å². The summed E-state index contributed by atoms with van der Waals surface area (Å²) in [4.78, 5) is 29.1. The van der Waals surface area contributed by atoms with Crippen molar-refractivity contribution in [2.45, 2.75) is 26.3 Å². The molecule has 1 N–H and O–H groups in total. The molecule has 7 nitrogen and oxygen atoms in total. The van der Waals surface area contributed by atoms with Gasteiger partial charge in [-0.3, -0.25) is 4.79 Å². The van der Waals surface area contributed by atoms with E-state index in [1.165, 1.54) is 10.9 Å². The third-order valence-corrected chi connectivity index (χ3v) is 5.94. The monoisotopic (exact) mass is 393 g/mol. The average Bonchev–Trinajstić information content (AvgIpc) is 3.29. The summed E-state index contributed by atoms with van der Waals surface area (Å²) >= 11 is 0. The van der Waals surface area contributed by atoms with Crippen LogP contribution >= 0.6 is 0 Å². The van der Waals surface area contributed by atoms with E-state index in [1.54, 1.807) is 19.4 Å². The van der Waals surface area contributed by atoms with Crippen LogP contribution in [0, 0.1) is 5.41 Å². The van der Waals surface area contributed by atoms with Crippen LogP contribution < -0.4 is 9.64 Å². The summed E-state index contributed by atoms with van der Waals surface area (Å²) in [5, 5.41) is 1.18. The van der Waals surface area contributed by atoms with Crippen molar-refractivity contribution in [1.29, 1.82) is 0 Å². The largest absolute Gasteiger partial charge is 0.481 e. The van der Waals surface area contributed by atoms with E-state index in [2.05, 4.69) is 34.0 Å². The fourth-order valence-corrected chi connectivity index (χ4v) is 3.97. The lowest BCUT2D eigenvalue weighted by atomic mass is 9.85. The highest BCUT2D eigenvalue weighted by Crippen LogP contribution is 2.36. The molecule has 1 fully saturated rings. The normalized spacial score (nSPS) is 19.1. The first-order valence-electron chi connectivity index (χ1n) is 9.93. The number of aromatic amines is 1. The quantitative estimate of drug-likeness (QED) is 0.667. The minimum atomic E-state index is -0.362. The third-order valence-electron chi connectivity index (χ3n) is 5.94. The number of nitrogens with zero attached hydrogens (tertiary/aromatic N) is 4. The predicted molar refractivity (Wildman–Crippen MR) is 113 cm³/mol. The van der Waals surface area contributed by atoms with Gasteiger partial charge in [-0.2, -0.15) is 4.98 Å². The van der Waals surface area contributed by atoms with E-state index in [0.29, 0.717) is 24.9 Å². The maximum Gasteiger partial charge on any atom is 0.228 e. The summed E-state index contributed by atoms with van der Waals surface area (Å²) in [6.07, 6.45) is 5.32. The van der Waals surface area contributed by atoms with Gasteiger partial charge in [0.1, 0.15) is 0 Å². The molecule has 1 saturated heterocycles. The van der Waals surface area contributed by atoms with Gasteiger partial charge in [0.2, 0.25) is 17.7 Å². The molecule has 2 aromatic heterocycles. The van der Waals surface area contributed by atoms with Crippen LogP contribution in [-0.4, -0.2) is 53.0 Å². The van der Waals surface area contributed by atoms with Gasteiger partial charge in [-0.15, -0.1) is 0 Å². The second-order valence-electron chi connectivity index (χ2n) is 7.97. The number of amides is 1. The number of hydrogen-bond donors (Lipinski definition) is 1. The van der Waals surface area contributed by atoms with Gasteiger partial charge in [0, 0.05) is 61.5 Å². The smallest absolute Gasteiger partial charge is 0.228 e. The minimum absolute atomic E-state index is 0.225. The summed E-state index contributed by atoms with van der Waals surface area (Å²) in [6.45, 7) is 4.21. The zero-order valence-electron chi connectivity index (χ0n) is 17.2. The highest BCUT2D eigenvalue weighted by Gasteiger charge is 2.42. The van der Waals surface area contributed by atoms with Crippen LogP contribution in [0.25, 0.3) is 10.9 Å². The topological polar surface area (TPSA) is 74.3 Å². The van der Waals surface area contributed by atoms with Crippen molar-refractivity contribution in [2.24, 2.45) is 5.41 Å². The van der Waals surface area contributed by atoms with Gasteiger partial charge < -0.3 is 19.5 Å². The summed E-state index contributed by atoms with van der Waals surface area (Å²) in [7, 11) is 3.54. The van der Waals surface area contributed by atoms with E-state index in [4.69, 9.17) is 4.74 Å². The van der Waals surface area contributed by atoms with Crippen molar-refractivity contribution in [2.75, 3.05) is 32.1 Å². The molecule has 152 valence electrons. The van der Waals surface area contributed by atoms with Crippen molar-refractivity contribution < 1.29 is 9.53 Å². The number of hydrogen-bond acceptors (Lipinski definition) is 5. The molecule has 1 aliphatic rings. The molecule has 0 radical (unpaired) electrons. The number of carbonyl (C=O) groups is 1. The van der Waals surface area contributed by atoms with Crippen molar-refractivity contribution in [1.82, 2.24) is 19.9 Å². The van der Waals surface area contributed by atoms with Gasteiger partial charge in [-0.25, -0.2) is 4.98 Å². The number of fused-ring (bicyclic) bond motifs is 1. The number of benzene rings is 1. The van der Waals surface area contributed by atoms with Crippen LogP contribution in [0.4, 0.5) is 5.95 Å². The van der Waals surface area contributed by atoms with Crippen LogP contribution in [0.2, 0.25) is 0 Å². The maximum atomic E-state index is 13.2. The lowest BCUT2D eigenvalue weighted by molar-refractivity contribution is -0.136. The van der Waals surface area contributed by atoms with E-state index in [1.807, 2.05) is 35.2 Å². The summed E-state index contributed by atoms with van der Waals surface area (Å²) in [5.41, 5.74) is 1.91. The standard InChI is InChI=1S/C22H27N5O2/c1-22(9-12-26(2)21-23-11-8-19(25-21)29-3)10-13-27(20(22)28)15-16-14-24-18-7-5-4-6-17(16)18/h4-8,11,14,24H,9-10,12-13,15H2,1-3H3/t22-/m1/s1. The first-order valence-corrected chi connectivity index (χ1v) is 9.93. The summed E-state index contributed by atoms with van der Waals surface area (Å²) < 4.78 is 5.17. The Balaban J connectivity index is 1.40. The van der Waals surface area contributed by atoms with Gasteiger partial charge in [-0.1, -0.05) is 25.1 Å². The molecule has 1 atom stereocenters. The number of aromatic nitrogens is 3. The zero-order chi connectivity index (χ0) is 20.4. The van der Waals surface area contributed by atoms with Crippen molar-refractivity contribution in [3.63, 3.8) is 0 Å². The fourth-order valence-electron chi connectivity index (χ4n) is 3.97. The number of methoxy groups -OCH3 is 1. The number of nitrogens with one attached hydrogen (secondary N) is 1. The number of carbonyl (C=O) groups excluding carboxylic acids is 1. The number of ether oxygens (including phenoxy) is 1. The minimum Gasteiger partial charge on any atom is -0.481 e. The molecule has 7 heteroatoms. The second-order valence-corrected chi connectivity index (χ2v) is 7.97. The summed E-state index contributed by atoms with van der Waals surface area (Å²) in [5.74, 6) is 1.37. The Kier molecular flexibility index (Phi) is 5.13. The molecule has 0 saturated carbocycles. The Hall–Kier alpha value is -3.09. The highest BCUT2D eigenvalue weighted by atomic mass is 16.5. The number of rotatable bonds is 7. The van der Waals surface area contributed by atoms with E-state index in [-0.39, 0.29) is 11.3 Å². The van der Waals surface area contributed by atoms with Gasteiger partial charge in [0.15, 0.2) is 0 Å².